The van der Waals surface area contributed by atoms with Gasteiger partial charge in [-0.2, -0.15) is 0 Å². The highest BCUT2D eigenvalue weighted by Gasteiger charge is 2.19. The first-order valence-electron chi connectivity index (χ1n) is 11.2. The number of rotatable bonds is 7. The maximum atomic E-state index is 12.4. The molecule has 162 valence electrons. The van der Waals surface area contributed by atoms with E-state index in [0.717, 1.165) is 57.4 Å². The fourth-order valence-corrected chi connectivity index (χ4v) is 5.02. The Labute approximate surface area is 183 Å². The number of thiazole rings is 1. The number of nitrogens with one attached hydrogen (secondary N) is 1. The van der Waals surface area contributed by atoms with Crippen molar-refractivity contribution >= 4 is 22.9 Å². The van der Waals surface area contributed by atoms with Crippen LogP contribution in [0.1, 0.15) is 40.3 Å². The number of likely N-dealkylation sites (tertiary alicyclic amines) is 1. The summed E-state index contributed by atoms with van der Waals surface area (Å²) in [5.41, 5.74) is 3.16. The lowest BCUT2D eigenvalue weighted by atomic mass is 10.1. The number of hydrogen-bond acceptors (Lipinski definition) is 6. The summed E-state index contributed by atoms with van der Waals surface area (Å²) in [5.74, 6) is -0.0429. The molecule has 7 heteroatoms. The molecule has 6 nitrogen and oxygen atoms in total. The number of anilines is 1. The number of carbonyl (C=O) groups excluding carboxylic acids is 1. The Bertz CT molecular complexity index is 807. The van der Waals surface area contributed by atoms with Gasteiger partial charge in [-0.15, -0.1) is 11.3 Å². The molecule has 2 aliphatic heterocycles. The average Bonchev–Trinajstić information content (AvgIpc) is 3.24. The minimum absolute atomic E-state index is 0.0429. The molecule has 4 rings (SSSR count). The summed E-state index contributed by atoms with van der Waals surface area (Å²) in [6.45, 7) is 11.0. The predicted molar refractivity (Wildman–Crippen MR) is 123 cm³/mol. The van der Waals surface area contributed by atoms with Crippen LogP contribution in [0.25, 0.3) is 0 Å². The summed E-state index contributed by atoms with van der Waals surface area (Å²) in [5, 5.41) is 5.96. The normalized spacial score (nSPS) is 18.5. The Morgan fingerprint density at radius 1 is 1.00 bits per heavy atom. The maximum Gasteiger partial charge on any atom is 0.270 e. The quantitative estimate of drug-likeness (QED) is 0.736. The van der Waals surface area contributed by atoms with Gasteiger partial charge in [0, 0.05) is 50.3 Å². The van der Waals surface area contributed by atoms with E-state index in [4.69, 9.17) is 0 Å². The average molecular weight is 428 g/mol. The van der Waals surface area contributed by atoms with E-state index in [1.807, 2.05) is 5.38 Å². The second-order valence-corrected chi connectivity index (χ2v) is 9.33. The Hall–Kier alpha value is -1.96. The van der Waals surface area contributed by atoms with E-state index in [1.165, 1.54) is 30.5 Å². The van der Waals surface area contributed by atoms with Crippen molar-refractivity contribution in [2.24, 2.45) is 0 Å². The van der Waals surface area contributed by atoms with Gasteiger partial charge in [0.25, 0.3) is 5.91 Å². The lowest BCUT2D eigenvalue weighted by Crippen LogP contribution is -2.45. The van der Waals surface area contributed by atoms with Gasteiger partial charge in [0.05, 0.1) is 6.54 Å². The third-order valence-corrected chi connectivity index (χ3v) is 6.91. The smallest absolute Gasteiger partial charge is 0.270 e. The number of hydrogen-bond donors (Lipinski definition) is 1. The van der Waals surface area contributed by atoms with Gasteiger partial charge in [-0.3, -0.25) is 9.69 Å². The summed E-state index contributed by atoms with van der Waals surface area (Å²) in [6.07, 6.45) is 3.90. The van der Waals surface area contributed by atoms with Crippen molar-refractivity contribution in [2.45, 2.75) is 32.7 Å². The highest BCUT2D eigenvalue weighted by Crippen LogP contribution is 2.19. The van der Waals surface area contributed by atoms with Crippen LogP contribution in [0.5, 0.6) is 0 Å². The van der Waals surface area contributed by atoms with E-state index in [9.17, 15) is 4.79 Å². The molecule has 0 aliphatic carbocycles. The van der Waals surface area contributed by atoms with Crippen LogP contribution in [0, 0.1) is 6.92 Å². The lowest BCUT2D eigenvalue weighted by molar-refractivity contribution is 0.0942. The Kier molecular flexibility index (Phi) is 7.36. The van der Waals surface area contributed by atoms with Gasteiger partial charge < -0.3 is 15.1 Å². The third-order valence-electron chi connectivity index (χ3n) is 6.08. The molecule has 0 atom stereocenters. The van der Waals surface area contributed by atoms with Crippen LogP contribution in [0.2, 0.25) is 0 Å². The number of aromatic nitrogens is 1. The van der Waals surface area contributed by atoms with Crippen molar-refractivity contribution in [1.82, 2.24) is 20.1 Å². The van der Waals surface area contributed by atoms with Crippen molar-refractivity contribution in [3.8, 4) is 0 Å². The number of nitrogens with zero attached hydrogens (tertiary/aromatic N) is 4. The summed E-state index contributed by atoms with van der Waals surface area (Å²) in [4.78, 5) is 24.3. The molecule has 2 fully saturated rings. The van der Waals surface area contributed by atoms with Crippen LogP contribution in [-0.4, -0.2) is 73.0 Å². The van der Waals surface area contributed by atoms with Gasteiger partial charge >= 0.3 is 0 Å². The first kappa shape index (κ1) is 21.3. The van der Waals surface area contributed by atoms with E-state index in [0.29, 0.717) is 12.2 Å². The zero-order valence-electron chi connectivity index (χ0n) is 18.0. The van der Waals surface area contributed by atoms with Crippen molar-refractivity contribution in [2.75, 3.05) is 57.3 Å². The van der Waals surface area contributed by atoms with Crippen molar-refractivity contribution < 1.29 is 4.79 Å². The fraction of sp³-hybridized carbons (Fsp3) is 0.565. The van der Waals surface area contributed by atoms with Crippen LogP contribution >= 0.6 is 11.3 Å². The topological polar surface area (TPSA) is 51.7 Å². The molecule has 1 aromatic carbocycles. The van der Waals surface area contributed by atoms with E-state index in [-0.39, 0.29) is 5.91 Å². The molecule has 2 saturated heterocycles. The number of carbonyl (C=O) groups is 1. The van der Waals surface area contributed by atoms with Crippen molar-refractivity contribution in [3.05, 3.63) is 45.9 Å². The molecule has 30 heavy (non-hydrogen) atoms. The minimum Gasteiger partial charge on any atom is -0.369 e. The number of benzene rings is 1. The number of piperazine rings is 1. The molecule has 1 amide bonds. The molecule has 0 radical (unpaired) electrons. The number of aryl methyl sites for hydroxylation is 1. The van der Waals surface area contributed by atoms with Crippen LogP contribution in [-0.2, 0) is 6.54 Å². The standard InChI is InChI=1S/C23H33N5OS/c1-19-5-7-20(8-6-19)28-15-13-27(14-16-28)17-22-25-21(18-30-22)23(29)24-9-12-26-10-3-2-4-11-26/h5-8,18H,2-4,9-17H2,1H3,(H,24,29). The molecule has 0 unspecified atom stereocenters. The third kappa shape index (κ3) is 5.80. The summed E-state index contributed by atoms with van der Waals surface area (Å²) >= 11 is 1.59. The molecule has 1 N–H and O–H groups in total. The largest absolute Gasteiger partial charge is 0.369 e. The highest BCUT2D eigenvalue weighted by atomic mass is 32.1. The minimum atomic E-state index is -0.0429. The van der Waals surface area contributed by atoms with Crippen molar-refractivity contribution in [3.63, 3.8) is 0 Å². The van der Waals surface area contributed by atoms with Gasteiger partial charge in [0.1, 0.15) is 10.7 Å². The molecule has 0 bridgehead atoms. The second-order valence-electron chi connectivity index (χ2n) is 8.38. The molecular weight excluding hydrogens is 394 g/mol. The van der Waals surface area contributed by atoms with Gasteiger partial charge in [0.15, 0.2) is 0 Å². The summed E-state index contributed by atoms with van der Waals surface area (Å²) < 4.78 is 0. The van der Waals surface area contributed by atoms with Gasteiger partial charge in [-0.05, 0) is 45.0 Å². The van der Waals surface area contributed by atoms with Crippen LogP contribution in [0.3, 0.4) is 0 Å². The molecule has 2 aliphatic rings. The molecule has 0 saturated carbocycles. The zero-order chi connectivity index (χ0) is 20.8. The number of amides is 1. The molecule has 3 heterocycles. The van der Waals surface area contributed by atoms with E-state index in [2.05, 4.69) is 56.2 Å². The lowest BCUT2D eigenvalue weighted by Gasteiger charge is -2.35. The van der Waals surface area contributed by atoms with E-state index < -0.39 is 0 Å². The fourth-order valence-electron chi connectivity index (χ4n) is 4.20. The summed E-state index contributed by atoms with van der Waals surface area (Å²) in [7, 11) is 0. The second kappa shape index (κ2) is 10.4. The monoisotopic (exact) mass is 427 g/mol. The summed E-state index contributed by atoms with van der Waals surface area (Å²) in [6, 6.07) is 8.77. The van der Waals surface area contributed by atoms with Gasteiger partial charge in [-0.1, -0.05) is 24.1 Å². The molecule has 2 aromatic rings. The SMILES string of the molecule is Cc1ccc(N2CCN(Cc3nc(C(=O)NCCN4CCCCC4)cs3)CC2)cc1. The van der Waals surface area contributed by atoms with E-state index >= 15 is 0 Å². The van der Waals surface area contributed by atoms with Crippen LogP contribution in [0.4, 0.5) is 5.69 Å². The van der Waals surface area contributed by atoms with Gasteiger partial charge in [-0.25, -0.2) is 4.98 Å². The Morgan fingerprint density at radius 3 is 2.47 bits per heavy atom. The maximum absolute atomic E-state index is 12.4. The Balaban J connectivity index is 1.20. The first-order valence-corrected chi connectivity index (χ1v) is 12.0. The van der Waals surface area contributed by atoms with Crippen molar-refractivity contribution in [1.29, 1.82) is 0 Å². The zero-order valence-corrected chi connectivity index (χ0v) is 18.8. The molecule has 1 aromatic heterocycles. The highest BCUT2D eigenvalue weighted by molar-refractivity contribution is 7.09. The number of piperidine rings is 1. The van der Waals surface area contributed by atoms with Crippen LogP contribution in [0.15, 0.2) is 29.6 Å². The predicted octanol–water partition coefficient (Wildman–Crippen LogP) is 2.99. The molecular formula is C23H33N5OS. The first-order chi connectivity index (χ1) is 14.7. The Morgan fingerprint density at radius 2 is 1.73 bits per heavy atom. The van der Waals surface area contributed by atoms with Gasteiger partial charge in [0.2, 0.25) is 0 Å². The molecule has 0 spiro atoms. The van der Waals surface area contributed by atoms with Crippen LogP contribution < -0.4 is 10.2 Å². The van der Waals surface area contributed by atoms with E-state index in [1.54, 1.807) is 11.3 Å².